The Labute approximate surface area is 164 Å². The van der Waals surface area contributed by atoms with Gasteiger partial charge in [0, 0.05) is 11.1 Å². The Morgan fingerprint density at radius 1 is 1.21 bits per heavy atom. The van der Waals surface area contributed by atoms with Crippen LogP contribution >= 0.6 is 0 Å². The summed E-state index contributed by atoms with van der Waals surface area (Å²) in [7, 11) is 1.60. The lowest BCUT2D eigenvalue weighted by Crippen LogP contribution is -2.46. The minimum atomic E-state index is -0.830. The van der Waals surface area contributed by atoms with Gasteiger partial charge in [0.25, 0.3) is 5.91 Å². The summed E-state index contributed by atoms with van der Waals surface area (Å²) in [5.74, 6) is 1.03. The topological polar surface area (TPSA) is 55.8 Å². The van der Waals surface area contributed by atoms with E-state index in [1.54, 1.807) is 48.4 Å². The zero-order valence-electron chi connectivity index (χ0n) is 15.6. The van der Waals surface area contributed by atoms with Crippen LogP contribution in [0.5, 0.6) is 11.5 Å². The Morgan fingerprint density at radius 2 is 1.96 bits per heavy atom. The third kappa shape index (κ3) is 3.74. The molecular formula is C23H21NO4. The van der Waals surface area contributed by atoms with E-state index in [2.05, 4.69) is 13.2 Å². The standard InChI is InChI=1S/C23H21NO4/c1-4-6-18(5-2)22-23(26)24(14-16-7-10-19(27-3)11-8-16)20-13-17(15-25)9-12-21(20)28-22/h4-13,15,22H,1-2,14H2,3H3/b18-6+. The Kier molecular flexibility index (Phi) is 5.75. The van der Waals surface area contributed by atoms with Gasteiger partial charge < -0.3 is 14.4 Å². The molecule has 0 saturated carbocycles. The van der Waals surface area contributed by atoms with Crippen molar-refractivity contribution in [3.05, 3.63) is 90.6 Å². The summed E-state index contributed by atoms with van der Waals surface area (Å²) in [5.41, 5.74) is 2.57. The average Bonchev–Trinajstić information content (AvgIpc) is 2.74. The second kappa shape index (κ2) is 8.39. The van der Waals surface area contributed by atoms with Gasteiger partial charge in [0.05, 0.1) is 19.3 Å². The maximum atomic E-state index is 13.3. The van der Waals surface area contributed by atoms with Crippen molar-refractivity contribution in [2.24, 2.45) is 0 Å². The first kappa shape index (κ1) is 19.2. The van der Waals surface area contributed by atoms with Gasteiger partial charge in [0.15, 0.2) is 0 Å². The molecule has 5 heteroatoms. The van der Waals surface area contributed by atoms with Crippen LogP contribution in [0.2, 0.25) is 0 Å². The highest BCUT2D eigenvalue weighted by molar-refractivity contribution is 6.02. The van der Waals surface area contributed by atoms with Gasteiger partial charge in [-0.1, -0.05) is 43.5 Å². The number of fused-ring (bicyclic) bond motifs is 1. The van der Waals surface area contributed by atoms with Crippen molar-refractivity contribution in [3.8, 4) is 11.5 Å². The number of anilines is 1. The van der Waals surface area contributed by atoms with Crippen molar-refractivity contribution >= 4 is 17.9 Å². The van der Waals surface area contributed by atoms with Crippen LogP contribution in [0.25, 0.3) is 0 Å². The maximum absolute atomic E-state index is 13.3. The molecule has 0 N–H and O–H groups in total. The van der Waals surface area contributed by atoms with Gasteiger partial charge in [-0.05, 0) is 35.9 Å². The van der Waals surface area contributed by atoms with Crippen molar-refractivity contribution in [2.45, 2.75) is 12.6 Å². The number of hydrogen-bond acceptors (Lipinski definition) is 4. The monoisotopic (exact) mass is 375 g/mol. The summed E-state index contributed by atoms with van der Waals surface area (Å²) in [4.78, 5) is 26.1. The average molecular weight is 375 g/mol. The largest absolute Gasteiger partial charge is 0.497 e. The predicted molar refractivity (Wildman–Crippen MR) is 109 cm³/mol. The zero-order valence-corrected chi connectivity index (χ0v) is 15.6. The molecule has 0 saturated heterocycles. The lowest BCUT2D eigenvalue weighted by molar-refractivity contribution is -0.124. The minimum absolute atomic E-state index is 0.237. The van der Waals surface area contributed by atoms with Gasteiger partial charge in [-0.3, -0.25) is 9.59 Å². The van der Waals surface area contributed by atoms with Gasteiger partial charge in [0.1, 0.15) is 17.8 Å². The van der Waals surface area contributed by atoms with Crippen LogP contribution in [-0.2, 0) is 11.3 Å². The van der Waals surface area contributed by atoms with Crippen LogP contribution in [-0.4, -0.2) is 25.4 Å². The summed E-state index contributed by atoms with van der Waals surface area (Å²) >= 11 is 0. The maximum Gasteiger partial charge on any atom is 0.273 e. The van der Waals surface area contributed by atoms with E-state index in [0.717, 1.165) is 17.6 Å². The Bertz CT molecular complexity index is 944. The van der Waals surface area contributed by atoms with Gasteiger partial charge in [-0.2, -0.15) is 0 Å². The number of nitrogens with zero attached hydrogens (tertiary/aromatic N) is 1. The van der Waals surface area contributed by atoms with Crippen molar-refractivity contribution in [3.63, 3.8) is 0 Å². The smallest absolute Gasteiger partial charge is 0.273 e. The molecular weight excluding hydrogens is 354 g/mol. The second-order valence-corrected chi connectivity index (χ2v) is 6.22. The summed E-state index contributed by atoms with van der Waals surface area (Å²) in [6.07, 6.45) is 4.79. The molecule has 1 atom stereocenters. The third-order valence-electron chi connectivity index (χ3n) is 4.49. The molecule has 0 radical (unpaired) electrons. The van der Waals surface area contributed by atoms with E-state index < -0.39 is 6.10 Å². The summed E-state index contributed by atoms with van der Waals surface area (Å²) < 4.78 is 11.1. The van der Waals surface area contributed by atoms with Crippen LogP contribution < -0.4 is 14.4 Å². The quantitative estimate of drug-likeness (QED) is 0.540. The Hall–Kier alpha value is -3.60. The molecule has 0 bridgehead atoms. The molecule has 2 aromatic carbocycles. The molecule has 0 aromatic heterocycles. The molecule has 1 aliphatic heterocycles. The molecule has 1 amide bonds. The molecule has 0 aliphatic carbocycles. The van der Waals surface area contributed by atoms with E-state index in [-0.39, 0.29) is 5.91 Å². The molecule has 142 valence electrons. The van der Waals surface area contributed by atoms with Crippen LogP contribution in [0, 0.1) is 0 Å². The molecule has 0 spiro atoms. The SMILES string of the molecule is C=C/C=C(\C=C)C1Oc2ccc(C=O)cc2N(Cc2ccc(OC)cc2)C1=O. The van der Waals surface area contributed by atoms with E-state index in [1.165, 1.54) is 0 Å². The lowest BCUT2D eigenvalue weighted by Gasteiger charge is -2.35. The van der Waals surface area contributed by atoms with E-state index in [4.69, 9.17) is 9.47 Å². The fraction of sp³-hybridized carbons (Fsp3) is 0.130. The number of allylic oxidation sites excluding steroid dienone is 2. The number of amides is 1. The molecule has 3 rings (SSSR count). The van der Waals surface area contributed by atoms with Crippen molar-refractivity contribution < 1.29 is 19.1 Å². The normalized spacial score (nSPS) is 16.0. The number of carbonyl (C=O) groups excluding carboxylic acids is 2. The first-order valence-electron chi connectivity index (χ1n) is 8.76. The molecule has 5 nitrogen and oxygen atoms in total. The summed E-state index contributed by atoms with van der Waals surface area (Å²) in [6.45, 7) is 7.79. The Morgan fingerprint density at radius 3 is 2.57 bits per heavy atom. The van der Waals surface area contributed by atoms with Gasteiger partial charge in [-0.25, -0.2) is 0 Å². The minimum Gasteiger partial charge on any atom is -0.497 e. The number of benzene rings is 2. The molecule has 28 heavy (non-hydrogen) atoms. The van der Waals surface area contributed by atoms with Crippen LogP contribution in [0.15, 0.2) is 79.4 Å². The molecule has 1 unspecified atom stereocenters. The van der Waals surface area contributed by atoms with Crippen molar-refractivity contribution in [2.75, 3.05) is 12.0 Å². The summed E-state index contributed by atoms with van der Waals surface area (Å²) in [6, 6.07) is 12.5. The molecule has 0 fully saturated rings. The number of ether oxygens (including phenoxy) is 2. The van der Waals surface area contributed by atoms with Gasteiger partial charge in [-0.15, -0.1) is 0 Å². The van der Waals surface area contributed by atoms with Crippen molar-refractivity contribution in [1.82, 2.24) is 0 Å². The van der Waals surface area contributed by atoms with E-state index in [0.29, 0.717) is 29.1 Å². The number of rotatable bonds is 7. The third-order valence-corrected chi connectivity index (χ3v) is 4.49. The molecule has 2 aromatic rings. The number of carbonyl (C=O) groups is 2. The van der Waals surface area contributed by atoms with Crippen LogP contribution in [0.3, 0.4) is 0 Å². The molecule has 1 aliphatic rings. The zero-order chi connectivity index (χ0) is 20.1. The van der Waals surface area contributed by atoms with Crippen LogP contribution in [0.1, 0.15) is 15.9 Å². The first-order valence-corrected chi connectivity index (χ1v) is 8.76. The number of hydrogen-bond donors (Lipinski definition) is 0. The first-order chi connectivity index (χ1) is 13.6. The number of methoxy groups -OCH3 is 1. The Balaban J connectivity index is 2.04. The number of aldehydes is 1. The van der Waals surface area contributed by atoms with Gasteiger partial charge in [0.2, 0.25) is 6.10 Å². The van der Waals surface area contributed by atoms with Crippen molar-refractivity contribution in [1.29, 1.82) is 0 Å². The lowest BCUT2D eigenvalue weighted by atomic mass is 10.0. The summed E-state index contributed by atoms with van der Waals surface area (Å²) in [5, 5.41) is 0. The van der Waals surface area contributed by atoms with Gasteiger partial charge >= 0.3 is 0 Å². The molecule has 1 heterocycles. The highest BCUT2D eigenvalue weighted by Crippen LogP contribution is 2.37. The second-order valence-electron chi connectivity index (χ2n) is 6.22. The van der Waals surface area contributed by atoms with E-state index in [1.807, 2.05) is 24.3 Å². The predicted octanol–water partition coefficient (Wildman–Crippen LogP) is 4.10. The highest BCUT2D eigenvalue weighted by atomic mass is 16.5. The fourth-order valence-corrected chi connectivity index (χ4v) is 3.04. The van der Waals surface area contributed by atoms with E-state index in [9.17, 15) is 9.59 Å². The van der Waals surface area contributed by atoms with E-state index >= 15 is 0 Å². The highest BCUT2D eigenvalue weighted by Gasteiger charge is 2.36. The van der Waals surface area contributed by atoms with Crippen LogP contribution in [0.4, 0.5) is 5.69 Å². The fourth-order valence-electron chi connectivity index (χ4n) is 3.04.